The largest absolute Gasteiger partial charge is 0.481 e. The van der Waals surface area contributed by atoms with Gasteiger partial charge in [-0.1, -0.05) is 47.5 Å². The van der Waals surface area contributed by atoms with Crippen molar-refractivity contribution in [2.75, 3.05) is 4.72 Å². The van der Waals surface area contributed by atoms with Gasteiger partial charge in [0.25, 0.3) is 10.0 Å². The Balaban J connectivity index is 1.63. The van der Waals surface area contributed by atoms with Crippen LogP contribution in [0.4, 0.5) is 5.69 Å². The van der Waals surface area contributed by atoms with Gasteiger partial charge in [0.05, 0.1) is 20.9 Å². The first kappa shape index (κ1) is 24.7. The van der Waals surface area contributed by atoms with Crippen LogP contribution >= 0.6 is 23.2 Å². The molecule has 1 aromatic heterocycles. The van der Waals surface area contributed by atoms with Crippen LogP contribution in [-0.2, 0) is 14.8 Å². The summed E-state index contributed by atoms with van der Waals surface area (Å²) >= 11 is 11.8. The standard InChI is InChI=1S/C25H18Cl2N2O5S/c1-14(25(31)32)20-13-28-23(19-5-3-2-4-18(19)20)24(30)15-6-8-16(9-7-15)29-35(33,34)17-10-11-21(26)22(27)12-17/h2-14,29H,1H3,(H,31,32). The van der Waals surface area contributed by atoms with Gasteiger partial charge in [-0.05, 0) is 60.3 Å². The second kappa shape index (κ2) is 9.65. The molecule has 0 saturated heterocycles. The predicted octanol–water partition coefficient (Wildman–Crippen LogP) is 5.76. The number of aliphatic carboxylic acids is 1. The molecule has 0 bridgehead atoms. The lowest BCUT2D eigenvalue weighted by Gasteiger charge is -2.13. The number of rotatable bonds is 7. The highest BCUT2D eigenvalue weighted by molar-refractivity contribution is 7.92. The smallest absolute Gasteiger partial charge is 0.310 e. The number of carboxylic acids is 1. The fraction of sp³-hybridized carbons (Fsp3) is 0.0800. The van der Waals surface area contributed by atoms with Crippen molar-refractivity contribution in [2.24, 2.45) is 0 Å². The van der Waals surface area contributed by atoms with E-state index in [-0.39, 0.29) is 32.1 Å². The molecule has 10 heteroatoms. The third kappa shape index (κ3) is 5.00. The number of halogens is 2. The molecule has 2 N–H and O–H groups in total. The van der Waals surface area contributed by atoms with Crippen LogP contribution in [0.3, 0.4) is 0 Å². The maximum Gasteiger partial charge on any atom is 0.310 e. The van der Waals surface area contributed by atoms with Crippen molar-refractivity contribution in [2.45, 2.75) is 17.7 Å². The Bertz CT molecular complexity index is 1570. The van der Waals surface area contributed by atoms with E-state index in [9.17, 15) is 23.1 Å². The first-order chi connectivity index (χ1) is 16.6. The molecule has 0 spiro atoms. The van der Waals surface area contributed by atoms with E-state index in [4.69, 9.17) is 23.2 Å². The molecule has 4 aromatic rings. The average molecular weight is 529 g/mol. The van der Waals surface area contributed by atoms with Gasteiger partial charge in [0.2, 0.25) is 5.78 Å². The van der Waals surface area contributed by atoms with Crippen LogP contribution in [0.15, 0.2) is 77.8 Å². The molecule has 1 unspecified atom stereocenters. The quantitative estimate of drug-likeness (QED) is 0.294. The van der Waals surface area contributed by atoms with Crippen LogP contribution in [0.5, 0.6) is 0 Å². The third-order valence-corrected chi connectivity index (χ3v) is 7.60. The SMILES string of the molecule is CC(C(=O)O)c1cnc(C(=O)c2ccc(NS(=O)(=O)c3ccc(Cl)c(Cl)c3)cc2)c2ccccc12. The van der Waals surface area contributed by atoms with Crippen molar-refractivity contribution in [1.29, 1.82) is 0 Å². The van der Waals surface area contributed by atoms with E-state index < -0.39 is 21.9 Å². The average Bonchev–Trinajstić information content (AvgIpc) is 2.84. The number of carbonyl (C=O) groups is 2. The van der Waals surface area contributed by atoms with Gasteiger partial charge in [0.15, 0.2) is 0 Å². The maximum atomic E-state index is 13.2. The third-order valence-electron chi connectivity index (χ3n) is 5.48. The van der Waals surface area contributed by atoms with Gasteiger partial charge in [-0.2, -0.15) is 0 Å². The van der Waals surface area contributed by atoms with Crippen LogP contribution in [0.2, 0.25) is 10.0 Å². The number of anilines is 1. The summed E-state index contributed by atoms with van der Waals surface area (Å²) in [7, 11) is -3.92. The Morgan fingerprint density at radius 3 is 2.23 bits per heavy atom. The number of sulfonamides is 1. The molecule has 3 aromatic carbocycles. The summed E-state index contributed by atoms with van der Waals surface area (Å²) in [6.07, 6.45) is 1.41. The predicted molar refractivity (Wildman–Crippen MR) is 135 cm³/mol. The molecule has 7 nitrogen and oxygen atoms in total. The molecular weight excluding hydrogens is 511 g/mol. The Morgan fingerprint density at radius 2 is 1.60 bits per heavy atom. The molecule has 178 valence electrons. The van der Waals surface area contributed by atoms with Gasteiger partial charge >= 0.3 is 5.97 Å². The zero-order valence-electron chi connectivity index (χ0n) is 18.2. The summed E-state index contributed by atoms with van der Waals surface area (Å²) in [5, 5.41) is 10.9. The van der Waals surface area contributed by atoms with Gasteiger partial charge in [0, 0.05) is 22.8 Å². The molecule has 1 heterocycles. The van der Waals surface area contributed by atoms with Crippen LogP contribution in [0.1, 0.15) is 34.5 Å². The number of pyridine rings is 1. The van der Waals surface area contributed by atoms with Gasteiger partial charge in [-0.25, -0.2) is 8.42 Å². The second-order valence-electron chi connectivity index (χ2n) is 7.76. The number of hydrogen-bond donors (Lipinski definition) is 2. The van der Waals surface area contributed by atoms with E-state index in [1.54, 1.807) is 31.2 Å². The van der Waals surface area contributed by atoms with E-state index in [1.165, 1.54) is 48.7 Å². The van der Waals surface area contributed by atoms with E-state index in [0.717, 1.165) is 0 Å². The highest BCUT2D eigenvalue weighted by Crippen LogP contribution is 2.29. The van der Waals surface area contributed by atoms with Crippen LogP contribution < -0.4 is 4.72 Å². The Hall–Kier alpha value is -3.46. The van der Waals surface area contributed by atoms with Crippen molar-refractivity contribution in [3.63, 3.8) is 0 Å². The number of nitrogens with zero attached hydrogens (tertiary/aromatic N) is 1. The molecule has 0 aliphatic heterocycles. The van der Waals surface area contributed by atoms with Gasteiger partial charge in [-0.15, -0.1) is 0 Å². The summed E-state index contributed by atoms with van der Waals surface area (Å²) in [5.41, 5.74) is 1.22. The lowest BCUT2D eigenvalue weighted by atomic mass is 9.94. The lowest BCUT2D eigenvalue weighted by molar-refractivity contribution is -0.138. The Kier molecular flexibility index (Phi) is 6.80. The van der Waals surface area contributed by atoms with E-state index in [2.05, 4.69) is 9.71 Å². The summed E-state index contributed by atoms with van der Waals surface area (Å²) in [5.74, 6) is -2.16. The molecule has 4 rings (SSSR count). The number of fused-ring (bicyclic) bond motifs is 1. The summed E-state index contributed by atoms with van der Waals surface area (Å²) in [6.45, 7) is 1.56. The zero-order valence-corrected chi connectivity index (χ0v) is 20.5. The maximum absolute atomic E-state index is 13.2. The number of nitrogens with one attached hydrogen (secondary N) is 1. The molecule has 0 aliphatic rings. The van der Waals surface area contributed by atoms with Gasteiger partial charge < -0.3 is 5.11 Å². The molecule has 0 amide bonds. The lowest BCUT2D eigenvalue weighted by Crippen LogP contribution is -2.13. The first-order valence-corrected chi connectivity index (χ1v) is 12.6. The molecule has 0 fully saturated rings. The minimum atomic E-state index is -3.92. The van der Waals surface area contributed by atoms with Crippen molar-refractivity contribution in [3.05, 3.63) is 99.8 Å². The van der Waals surface area contributed by atoms with Gasteiger partial charge in [0.1, 0.15) is 5.69 Å². The number of benzene rings is 3. The topological polar surface area (TPSA) is 113 Å². The second-order valence-corrected chi connectivity index (χ2v) is 10.3. The van der Waals surface area contributed by atoms with Crippen LogP contribution in [0.25, 0.3) is 10.8 Å². The van der Waals surface area contributed by atoms with Crippen molar-refractivity contribution in [1.82, 2.24) is 4.98 Å². The van der Waals surface area contributed by atoms with Crippen molar-refractivity contribution >= 4 is 61.4 Å². The summed E-state index contributed by atoms with van der Waals surface area (Å²) in [4.78, 5) is 28.9. The fourth-order valence-corrected chi connectivity index (χ4v) is 5.01. The molecule has 35 heavy (non-hydrogen) atoms. The highest BCUT2D eigenvalue weighted by atomic mass is 35.5. The number of carbonyl (C=O) groups excluding carboxylic acids is 1. The Labute approximate surface area is 211 Å². The fourth-order valence-electron chi connectivity index (χ4n) is 3.56. The normalized spacial score (nSPS) is 12.3. The molecule has 0 aliphatic carbocycles. The van der Waals surface area contributed by atoms with E-state index in [0.29, 0.717) is 21.9 Å². The number of aromatic nitrogens is 1. The highest BCUT2D eigenvalue weighted by Gasteiger charge is 2.22. The van der Waals surface area contributed by atoms with E-state index in [1.807, 2.05) is 0 Å². The molecule has 1 atom stereocenters. The molecular formula is C25H18Cl2N2O5S. The van der Waals surface area contributed by atoms with E-state index >= 15 is 0 Å². The molecule has 0 radical (unpaired) electrons. The van der Waals surface area contributed by atoms with Crippen LogP contribution in [0, 0.1) is 0 Å². The monoisotopic (exact) mass is 528 g/mol. The zero-order chi connectivity index (χ0) is 25.3. The number of hydrogen-bond acceptors (Lipinski definition) is 5. The summed E-state index contributed by atoms with van der Waals surface area (Å²) in [6, 6.07) is 16.8. The minimum Gasteiger partial charge on any atom is -0.481 e. The summed E-state index contributed by atoms with van der Waals surface area (Å²) < 4.78 is 27.7. The number of carboxylic acid groups (broad SMARTS) is 1. The first-order valence-electron chi connectivity index (χ1n) is 10.3. The van der Waals surface area contributed by atoms with Gasteiger partial charge in [-0.3, -0.25) is 19.3 Å². The van der Waals surface area contributed by atoms with Crippen molar-refractivity contribution in [3.8, 4) is 0 Å². The molecule has 0 saturated carbocycles. The minimum absolute atomic E-state index is 0.0570. The van der Waals surface area contributed by atoms with Crippen molar-refractivity contribution < 1.29 is 23.1 Å². The number of ketones is 1. The van der Waals surface area contributed by atoms with Crippen LogP contribution in [-0.4, -0.2) is 30.3 Å². The Morgan fingerprint density at radius 1 is 0.943 bits per heavy atom.